The van der Waals surface area contributed by atoms with Crippen LogP contribution in [0.5, 0.6) is 0 Å². The van der Waals surface area contributed by atoms with Gasteiger partial charge in [-0.1, -0.05) is 35.0 Å². The van der Waals surface area contributed by atoms with Crippen molar-refractivity contribution in [3.05, 3.63) is 87.4 Å². The van der Waals surface area contributed by atoms with E-state index < -0.39 is 0 Å². The van der Waals surface area contributed by atoms with E-state index in [0.29, 0.717) is 30.2 Å². The van der Waals surface area contributed by atoms with Gasteiger partial charge in [-0.25, -0.2) is 4.79 Å². The molecule has 0 unspecified atom stereocenters. The number of aryl methyl sites for hydroxylation is 4. The number of nitrogens with one attached hydrogen (secondary N) is 1. The average Bonchev–Trinajstić information content (AvgIpc) is 3.34. The van der Waals surface area contributed by atoms with Crippen molar-refractivity contribution >= 4 is 5.78 Å². The van der Waals surface area contributed by atoms with E-state index in [4.69, 9.17) is 4.52 Å². The highest BCUT2D eigenvalue weighted by Gasteiger charge is 2.14. The van der Waals surface area contributed by atoms with Gasteiger partial charge in [-0.3, -0.25) is 9.36 Å². The van der Waals surface area contributed by atoms with Crippen molar-refractivity contribution in [1.82, 2.24) is 19.7 Å². The third-order valence-electron chi connectivity index (χ3n) is 5.05. The molecule has 0 aliphatic heterocycles. The highest BCUT2D eigenvalue weighted by molar-refractivity contribution is 5.97. The second-order valence-corrected chi connectivity index (χ2v) is 7.37. The van der Waals surface area contributed by atoms with Crippen LogP contribution in [0.15, 0.2) is 58.0 Å². The Labute approximate surface area is 173 Å². The predicted molar refractivity (Wildman–Crippen MR) is 113 cm³/mol. The second kappa shape index (κ2) is 7.94. The maximum Gasteiger partial charge on any atom is 0.330 e. The van der Waals surface area contributed by atoms with Crippen LogP contribution in [0.3, 0.4) is 0 Å². The summed E-state index contributed by atoms with van der Waals surface area (Å²) in [6.07, 6.45) is 2.33. The molecule has 0 fully saturated rings. The Morgan fingerprint density at radius 2 is 1.97 bits per heavy atom. The highest BCUT2D eigenvalue weighted by atomic mass is 16.5. The third kappa shape index (κ3) is 3.87. The molecule has 152 valence electrons. The number of nitrogens with zero attached hydrogens (tertiary/aromatic N) is 3. The summed E-state index contributed by atoms with van der Waals surface area (Å²) in [4.78, 5) is 31.7. The Bertz CT molecular complexity index is 1280. The van der Waals surface area contributed by atoms with E-state index in [1.807, 2.05) is 63.2 Å². The maximum atomic E-state index is 12.6. The van der Waals surface area contributed by atoms with E-state index in [0.717, 1.165) is 27.9 Å². The summed E-state index contributed by atoms with van der Waals surface area (Å²) in [5.74, 6) is 0.886. The Hall–Kier alpha value is -3.74. The zero-order valence-electron chi connectivity index (χ0n) is 17.1. The van der Waals surface area contributed by atoms with Crippen LogP contribution in [-0.2, 0) is 6.42 Å². The number of carbonyl (C=O) groups excluding carboxylic acids is 1. The van der Waals surface area contributed by atoms with Crippen molar-refractivity contribution < 1.29 is 9.32 Å². The van der Waals surface area contributed by atoms with Gasteiger partial charge in [0.1, 0.15) is 0 Å². The molecular formula is C23H22N4O3. The first-order valence-electron chi connectivity index (χ1n) is 9.73. The van der Waals surface area contributed by atoms with Gasteiger partial charge in [-0.2, -0.15) is 4.98 Å². The molecule has 2 aromatic heterocycles. The number of Topliss-reactive ketones (excluding diaryl/α,β-unsaturated/α-hetero) is 1. The lowest BCUT2D eigenvalue weighted by Gasteiger charge is -2.05. The molecule has 0 saturated heterocycles. The maximum absolute atomic E-state index is 12.6. The minimum absolute atomic E-state index is 0.0558. The summed E-state index contributed by atoms with van der Waals surface area (Å²) >= 11 is 0. The van der Waals surface area contributed by atoms with E-state index in [1.54, 1.807) is 10.8 Å². The monoisotopic (exact) mass is 402 g/mol. The van der Waals surface area contributed by atoms with Crippen molar-refractivity contribution in [1.29, 1.82) is 0 Å². The zero-order valence-corrected chi connectivity index (χ0v) is 17.1. The largest absolute Gasteiger partial charge is 0.339 e. The van der Waals surface area contributed by atoms with Crippen molar-refractivity contribution in [3.8, 4) is 17.1 Å². The molecule has 0 saturated carbocycles. The first kappa shape index (κ1) is 19.6. The van der Waals surface area contributed by atoms with Crippen molar-refractivity contribution in [2.75, 3.05) is 0 Å². The molecule has 2 heterocycles. The molecule has 0 amide bonds. The Balaban J connectivity index is 1.51. The molecule has 30 heavy (non-hydrogen) atoms. The SMILES string of the molecule is Cc1ccc(C)c(C(=O)CCc2nc(-c3cccc(-n4c(C)c[nH]c4=O)c3)no2)c1. The topological polar surface area (TPSA) is 93.8 Å². The number of hydrogen-bond acceptors (Lipinski definition) is 5. The van der Waals surface area contributed by atoms with Gasteiger partial charge in [0, 0.05) is 35.9 Å². The van der Waals surface area contributed by atoms with Gasteiger partial charge in [0.05, 0.1) is 5.69 Å². The van der Waals surface area contributed by atoms with Gasteiger partial charge in [0.2, 0.25) is 11.7 Å². The molecule has 7 heteroatoms. The van der Waals surface area contributed by atoms with E-state index in [-0.39, 0.29) is 11.5 Å². The fourth-order valence-electron chi connectivity index (χ4n) is 3.43. The Morgan fingerprint density at radius 3 is 2.73 bits per heavy atom. The summed E-state index contributed by atoms with van der Waals surface area (Å²) in [5.41, 5.74) is 4.79. The number of ketones is 1. The predicted octanol–water partition coefficient (Wildman–Crippen LogP) is 3.96. The molecule has 0 aliphatic carbocycles. The number of aromatic nitrogens is 4. The van der Waals surface area contributed by atoms with Gasteiger partial charge in [-0.15, -0.1) is 0 Å². The summed E-state index contributed by atoms with van der Waals surface area (Å²) in [5, 5.41) is 4.04. The number of aromatic amines is 1. The number of H-pyrrole nitrogens is 1. The first-order chi connectivity index (χ1) is 14.4. The minimum Gasteiger partial charge on any atom is -0.339 e. The summed E-state index contributed by atoms with van der Waals surface area (Å²) < 4.78 is 6.93. The lowest BCUT2D eigenvalue weighted by molar-refractivity contribution is 0.0979. The van der Waals surface area contributed by atoms with Gasteiger partial charge >= 0.3 is 5.69 Å². The van der Waals surface area contributed by atoms with Gasteiger partial charge in [0.25, 0.3) is 0 Å². The molecule has 0 bridgehead atoms. The van der Waals surface area contributed by atoms with Crippen molar-refractivity contribution in [3.63, 3.8) is 0 Å². The van der Waals surface area contributed by atoms with Gasteiger partial charge in [0.15, 0.2) is 5.78 Å². The number of benzene rings is 2. The Morgan fingerprint density at radius 1 is 1.13 bits per heavy atom. The Kier molecular flexibility index (Phi) is 5.18. The second-order valence-electron chi connectivity index (χ2n) is 7.37. The van der Waals surface area contributed by atoms with Crippen molar-refractivity contribution in [2.45, 2.75) is 33.6 Å². The van der Waals surface area contributed by atoms with E-state index >= 15 is 0 Å². The van der Waals surface area contributed by atoms with Crippen molar-refractivity contribution in [2.24, 2.45) is 0 Å². The quantitative estimate of drug-likeness (QED) is 0.493. The lowest BCUT2D eigenvalue weighted by Crippen LogP contribution is -2.15. The van der Waals surface area contributed by atoms with Crippen LogP contribution in [-0.4, -0.2) is 25.5 Å². The fourth-order valence-corrected chi connectivity index (χ4v) is 3.43. The molecule has 0 spiro atoms. The van der Waals surface area contributed by atoms with Crippen LogP contribution in [0.25, 0.3) is 17.1 Å². The first-order valence-corrected chi connectivity index (χ1v) is 9.73. The number of imidazole rings is 1. The minimum atomic E-state index is -0.205. The van der Waals surface area contributed by atoms with Crippen LogP contribution in [0.1, 0.15) is 39.5 Å². The molecule has 0 atom stereocenters. The summed E-state index contributed by atoms with van der Waals surface area (Å²) in [6, 6.07) is 13.2. The highest BCUT2D eigenvalue weighted by Crippen LogP contribution is 2.21. The average molecular weight is 402 g/mol. The zero-order chi connectivity index (χ0) is 21.3. The van der Waals surface area contributed by atoms with Crippen LogP contribution in [0.4, 0.5) is 0 Å². The lowest BCUT2D eigenvalue weighted by atomic mass is 9.99. The molecule has 0 radical (unpaired) electrons. The molecule has 4 rings (SSSR count). The fraction of sp³-hybridized carbons (Fsp3) is 0.217. The van der Waals surface area contributed by atoms with E-state index in [2.05, 4.69) is 15.1 Å². The smallest absolute Gasteiger partial charge is 0.330 e. The number of hydrogen-bond donors (Lipinski definition) is 1. The standard InChI is InChI=1S/C23H22N4O3/c1-14-7-8-15(2)19(11-14)20(28)9-10-21-25-22(26-30-21)17-5-4-6-18(12-17)27-16(3)13-24-23(27)29/h4-8,11-13H,9-10H2,1-3H3,(H,24,29). The van der Waals surface area contributed by atoms with Gasteiger partial charge in [-0.05, 0) is 44.5 Å². The molecule has 0 aliphatic rings. The molecule has 2 aromatic carbocycles. The molecule has 7 nitrogen and oxygen atoms in total. The van der Waals surface area contributed by atoms with E-state index in [9.17, 15) is 9.59 Å². The number of rotatable bonds is 6. The molecular weight excluding hydrogens is 380 g/mol. The third-order valence-corrected chi connectivity index (χ3v) is 5.05. The van der Waals surface area contributed by atoms with Crippen LogP contribution < -0.4 is 5.69 Å². The van der Waals surface area contributed by atoms with E-state index in [1.165, 1.54) is 0 Å². The summed E-state index contributed by atoms with van der Waals surface area (Å²) in [7, 11) is 0. The molecule has 4 aromatic rings. The number of carbonyl (C=O) groups is 1. The van der Waals surface area contributed by atoms with Crippen LogP contribution in [0, 0.1) is 20.8 Å². The van der Waals surface area contributed by atoms with Crippen LogP contribution >= 0.6 is 0 Å². The summed E-state index contributed by atoms with van der Waals surface area (Å²) in [6.45, 7) is 5.75. The normalized spacial score (nSPS) is 11.0. The molecule has 1 N–H and O–H groups in total. The van der Waals surface area contributed by atoms with Crippen LogP contribution in [0.2, 0.25) is 0 Å². The van der Waals surface area contributed by atoms with Gasteiger partial charge < -0.3 is 9.51 Å².